The number of hydrogen-bond acceptors (Lipinski definition) is 0. The van der Waals surface area contributed by atoms with Crippen molar-refractivity contribution in [1.29, 1.82) is 0 Å². The Balaban J connectivity index is 0.000000533. The fraction of sp³-hybridized carbons (Fsp3) is 0.292. The molecule has 2 aromatic carbocycles. The van der Waals surface area contributed by atoms with Crippen molar-refractivity contribution < 1.29 is 50.7 Å². The van der Waals surface area contributed by atoms with Crippen molar-refractivity contribution in [1.82, 2.24) is 4.57 Å². The molecule has 1 nitrogen and oxygen atoms in total. The van der Waals surface area contributed by atoms with Gasteiger partial charge >= 0.3 is 25.8 Å². The summed E-state index contributed by atoms with van der Waals surface area (Å²) in [4.78, 5) is 0. The van der Waals surface area contributed by atoms with Crippen molar-refractivity contribution in [3.8, 4) is 5.69 Å². The van der Waals surface area contributed by atoms with Crippen LogP contribution in [0.1, 0.15) is 39.0 Å². The molecule has 28 heavy (non-hydrogen) atoms. The van der Waals surface area contributed by atoms with E-state index in [1.54, 1.807) is 0 Å². The largest absolute Gasteiger partial charge is 4.00 e. The van der Waals surface area contributed by atoms with E-state index in [0.717, 1.165) is 0 Å². The van der Waals surface area contributed by atoms with Crippen LogP contribution in [0.2, 0.25) is 0 Å². The van der Waals surface area contributed by atoms with E-state index in [-0.39, 0.29) is 50.7 Å². The second-order valence-electron chi connectivity index (χ2n) is 7.17. The number of benzene rings is 1. The van der Waals surface area contributed by atoms with Gasteiger partial charge in [-0.15, -0.1) is 48.0 Å². The Kier molecular flexibility index (Phi) is 10.9. The Labute approximate surface area is 200 Å². The third-order valence-corrected chi connectivity index (χ3v) is 5.27. The summed E-state index contributed by atoms with van der Waals surface area (Å²) in [5, 5.41) is 2.62. The molecule has 1 unspecified atom stereocenters. The maximum Gasteiger partial charge on any atom is 4.00 e. The molecule has 146 valence electrons. The van der Waals surface area contributed by atoms with E-state index in [4.69, 9.17) is 0 Å². The molecule has 1 heterocycles. The number of allylic oxidation sites excluding steroid dienone is 4. The van der Waals surface area contributed by atoms with Crippen molar-refractivity contribution in [3.05, 3.63) is 82.7 Å². The van der Waals surface area contributed by atoms with Crippen LogP contribution in [0.4, 0.5) is 0 Å². The van der Waals surface area contributed by atoms with E-state index < -0.39 is 0 Å². The molecule has 4 heteroatoms. The summed E-state index contributed by atoms with van der Waals surface area (Å²) < 4.78 is 2.25. The van der Waals surface area contributed by atoms with Crippen LogP contribution in [0, 0.1) is 25.8 Å². The molecule has 1 aromatic heterocycles. The summed E-state index contributed by atoms with van der Waals surface area (Å²) >= 11 is 0. The molecule has 0 fully saturated rings. The SMILES string of the molecule is CC1=[C-]C(C)C(C)=C1C.Cc1cc(C)n(-c2cc3ccccc3[cH-]2)c1.[Cl-].[Cl-].[Hf+4]. The first-order chi connectivity index (χ1) is 11.9. The average molecular weight is 579 g/mol. The first kappa shape index (κ1) is 27.0. The smallest absolute Gasteiger partial charge is 1.00 e. The van der Waals surface area contributed by atoms with E-state index in [1.807, 2.05) is 0 Å². The summed E-state index contributed by atoms with van der Waals surface area (Å²) in [5.74, 6) is 0.560. The summed E-state index contributed by atoms with van der Waals surface area (Å²) in [6.45, 7) is 12.9. The fourth-order valence-corrected chi connectivity index (χ4v) is 3.45. The van der Waals surface area contributed by atoms with Crippen LogP contribution < -0.4 is 24.8 Å². The zero-order valence-corrected chi connectivity index (χ0v) is 22.5. The minimum absolute atomic E-state index is 0. The molecule has 1 aliphatic rings. The molecular weight excluding hydrogens is 552 g/mol. The summed E-state index contributed by atoms with van der Waals surface area (Å²) in [6, 6.07) is 15.2. The van der Waals surface area contributed by atoms with Gasteiger partial charge in [-0.25, -0.2) is 5.57 Å². The Morgan fingerprint density at radius 1 is 0.964 bits per heavy atom. The number of aromatic nitrogens is 1. The van der Waals surface area contributed by atoms with Crippen LogP contribution in [0.5, 0.6) is 0 Å². The third-order valence-electron chi connectivity index (χ3n) is 5.27. The molecule has 0 bridgehead atoms. The second kappa shape index (κ2) is 11.3. The van der Waals surface area contributed by atoms with Crippen LogP contribution in [0.25, 0.3) is 16.5 Å². The summed E-state index contributed by atoms with van der Waals surface area (Å²) in [6.07, 6.45) is 5.54. The molecule has 0 N–H and O–H groups in total. The molecule has 3 aromatic rings. The Morgan fingerprint density at radius 3 is 2.04 bits per heavy atom. The zero-order valence-electron chi connectivity index (χ0n) is 17.4. The predicted octanol–water partition coefficient (Wildman–Crippen LogP) is 0.694. The standard InChI is InChI=1S/C15H14N.C9H13.2ClH.Hf/c1-11-7-12(2)16(10-11)15-8-13-5-3-4-6-14(13)9-15;1-6-5-7(2)9(4)8(6)3;;;/h3-10H,1-2H3;6H,1-4H3;2*1H;/q2*-1;;;+4/p-2. The number of fused-ring (bicyclic) bond motifs is 1. The van der Waals surface area contributed by atoms with E-state index >= 15 is 0 Å². The van der Waals surface area contributed by atoms with Gasteiger partial charge in [0.25, 0.3) is 0 Å². The zero-order chi connectivity index (χ0) is 18.1. The van der Waals surface area contributed by atoms with Crippen molar-refractivity contribution >= 4 is 10.8 Å². The van der Waals surface area contributed by atoms with Gasteiger partial charge < -0.3 is 29.4 Å². The van der Waals surface area contributed by atoms with Gasteiger partial charge in [0.05, 0.1) is 0 Å². The van der Waals surface area contributed by atoms with Crippen molar-refractivity contribution in [3.63, 3.8) is 0 Å². The molecule has 0 saturated carbocycles. The molecule has 4 rings (SSSR count). The first-order valence-corrected chi connectivity index (χ1v) is 8.96. The second-order valence-corrected chi connectivity index (χ2v) is 7.17. The summed E-state index contributed by atoms with van der Waals surface area (Å²) in [5.41, 5.74) is 8.09. The molecule has 0 amide bonds. The number of nitrogens with zero attached hydrogens (tertiary/aromatic N) is 1. The van der Waals surface area contributed by atoms with Gasteiger partial charge in [0.2, 0.25) is 0 Å². The predicted molar refractivity (Wildman–Crippen MR) is 108 cm³/mol. The average Bonchev–Trinajstić information content (AvgIpc) is 3.21. The van der Waals surface area contributed by atoms with E-state index in [1.165, 1.54) is 44.4 Å². The minimum Gasteiger partial charge on any atom is -1.00 e. The molecular formula is C24H27Cl2HfN. The number of hydrogen-bond donors (Lipinski definition) is 0. The Bertz CT molecular complexity index is 943. The van der Waals surface area contributed by atoms with Gasteiger partial charge in [0.1, 0.15) is 0 Å². The third kappa shape index (κ3) is 5.78. The van der Waals surface area contributed by atoms with Crippen LogP contribution in [0.3, 0.4) is 0 Å². The van der Waals surface area contributed by atoms with Crippen LogP contribution in [0.15, 0.2) is 65.4 Å². The number of rotatable bonds is 1. The fourth-order valence-electron chi connectivity index (χ4n) is 3.45. The monoisotopic (exact) mass is 579 g/mol. The molecule has 0 spiro atoms. The van der Waals surface area contributed by atoms with E-state index in [2.05, 4.69) is 101 Å². The topological polar surface area (TPSA) is 4.93 Å². The van der Waals surface area contributed by atoms with Crippen molar-refractivity contribution in [2.75, 3.05) is 0 Å². The maximum absolute atomic E-state index is 3.36. The van der Waals surface area contributed by atoms with Crippen molar-refractivity contribution in [2.45, 2.75) is 41.5 Å². The molecule has 0 radical (unpaired) electrons. The molecule has 1 atom stereocenters. The van der Waals surface area contributed by atoms with Gasteiger partial charge in [0.15, 0.2) is 0 Å². The molecule has 0 aliphatic heterocycles. The molecule has 1 aliphatic carbocycles. The Morgan fingerprint density at radius 2 is 1.61 bits per heavy atom. The summed E-state index contributed by atoms with van der Waals surface area (Å²) in [7, 11) is 0. The Hall–Kier alpha value is -0.960. The number of halogens is 2. The van der Waals surface area contributed by atoms with Crippen molar-refractivity contribution in [2.24, 2.45) is 5.92 Å². The van der Waals surface area contributed by atoms with Gasteiger partial charge in [0, 0.05) is 11.9 Å². The van der Waals surface area contributed by atoms with Crippen LogP contribution >= 0.6 is 0 Å². The quantitative estimate of drug-likeness (QED) is 0.296. The normalized spacial score (nSPS) is 15.1. The number of aryl methyl sites for hydroxylation is 2. The maximum atomic E-state index is 3.36. The van der Waals surface area contributed by atoms with Gasteiger partial charge in [-0.2, -0.15) is 11.1 Å². The minimum atomic E-state index is 0. The van der Waals surface area contributed by atoms with Gasteiger partial charge in [-0.05, 0) is 31.2 Å². The van der Waals surface area contributed by atoms with E-state index in [0.29, 0.717) is 5.92 Å². The van der Waals surface area contributed by atoms with Gasteiger partial charge in [-0.1, -0.05) is 32.8 Å². The first-order valence-electron chi connectivity index (χ1n) is 8.96. The molecule has 0 saturated heterocycles. The van der Waals surface area contributed by atoms with Gasteiger partial charge in [-0.3, -0.25) is 6.08 Å². The van der Waals surface area contributed by atoms with Crippen LogP contribution in [-0.2, 0) is 25.8 Å². The van der Waals surface area contributed by atoms with Crippen LogP contribution in [-0.4, -0.2) is 4.57 Å². The van der Waals surface area contributed by atoms with E-state index in [9.17, 15) is 0 Å².